The van der Waals surface area contributed by atoms with Crippen LogP contribution in [-0.4, -0.2) is 16.9 Å². The third-order valence-corrected chi connectivity index (χ3v) is 3.02. The molecule has 0 aliphatic carbocycles. The summed E-state index contributed by atoms with van der Waals surface area (Å²) < 4.78 is 0. The van der Waals surface area contributed by atoms with Crippen LogP contribution in [0.25, 0.3) is 0 Å². The monoisotopic (exact) mass is 237 g/mol. The molecule has 4 nitrogen and oxygen atoms in total. The predicted octanol–water partition coefficient (Wildman–Crippen LogP) is 1.13. The largest absolute Gasteiger partial charge is 0.347 e. The van der Waals surface area contributed by atoms with Gasteiger partial charge in [-0.1, -0.05) is 6.92 Å². The predicted molar refractivity (Wildman–Crippen MR) is 65.0 cm³/mol. The highest BCUT2D eigenvalue weighted by Gasteiger charge is 2.13. The summed E-state index contributed by atoms with van der Waals surface area (Å²) in [6.45, 7) is 2.34. The quantitative estimate of drug-likeness (QED) is 0.754. The minimum Gasteiger partial charge on any atom is -0.347 e. The Morgan fingerprint density at radius 2 is 2.56 bits per heavy atom. The van der Waals surface area contributed by atoms with Crippen LogP contribution in [0.15, 0.2) is 5.38 Å². The molecule has 0 saturated carbocycles. The van der Waals surface area contributed by atoms with E-state index in [1.54, 1.807) is 5.38 Å². The van der Waals surface area contributed by atoms with Crippen LogP contribution in [0.5, 0.6) is 0 Å². The molecule has 1 heterocycles. The van der Waals surface area contributed by atoms with Crippen molar-refractivity contribution < 1.29 is 4.79 Å². The SMILES string of the molecule is C#CCC(CC)NC(=O)c1csc(CN)n1. The first-order valence-corrected chi connectivity index (χ1v) is 5.98. The summed E-state index contributed by atoms with van der Waals surface area (Å²) in [5.74, 6) is 2.36. The molecule has 16 heavy (non-hydrogen) atoms. The van der Waals surface area contributed by atoms with Crippen molar-refractivity contribution >= 4 is 17.2 Å². The van der Waals surface area contributed by atoms with E-state index in [4.69, 9.17) is 12.2 Å². The molecule has 0 aromatic carbocycles. The minimum absolute atomic E-state index is 0.0144. The van der Waals surface area contributed by atoms with Crippen LogP contribution in [0.2, 0.25) is 0 Å². The van der Waals surface area contributed by atoms with Gasteiger partial charge >= 0.3 is 0 Å². The van der Waals surface area contributed by atoms with Gasteiger partial charge in [-0.2, -0.15) is 0 Å². The number of nitrogens with two attached hydrogens (primary N) is 1. The smallest absolute Gasteiger partial charge is 0.271 e. The van der Waals surface area contributed by atoms with Crippen molar-refractivity contribution in [2.75, 3.05) is 0 Å². The molecule has 1 aromatic rings. The topological polar surface area (TPSA) is 68.0 Å². The summed E-state index contributed by atoms with van der Waals surface area (Å²) in [5.41, 5.74) is 5.85. The van der Waals surface area contributed by atoms with Gasteiger partial charge in [0.05, 0.1) is 0 Å². The second-order valence-electron chi connectivity index (χ2n) is 3.32. The van der Waals surface area contributed by atoms with Gasteiger partial charge in [-0.25, -0.2) is 4.98 Å². The molecule has 1 aromatic heterocycles. The average Bonchev–Trinajstić information content (AvgIpc) is 2.76. The van der Waals surface area contributed by atoms with Gasteiger partial charge < -0.3 is 11.1 Å². The second kappa shape index (κ2) is 6.26. The Kier molecular flexibility index (Phi) is 4.96. The summed E-state index contributed by atoms with van der Waals surface area (Å²) in [6, 6.07) is 0.0144. The van der Waals surface area contributed by atoms with E-state index in [1.807, 2.05) is 6.92 Å². The van der Waals surface area contributed by atoms with Gasteiger partial charge in [0, 0.05) is 24.4 Å². The molecule has 0 aliphatic rings. The molecule has 0 radical (unpaired) electrons. The second-order valence-corrected chi connectivity index (χ2v) is 4.26. The van der Waals surface area contributed by atoms with Crippen LogP contribution >= 0.6 is 11.3 Å². The first kappa shape index (κ1) is 12.7. The van der Waals surface area contributed by atoms with Crippen molar-refractivity contribution in [1.82, 2.24) is 10.3 Å². The van der Waals surface area contributed by atoms with E-state index in [0.717, 1.165) is 11.4 Å². The highest BCUT2D eigenvalue weighted by molar-refractivity contribution is 7.09. The molecule has 5 heteroatoms. The lowest BCUT2D eigenvalue weighted by molar-refractivity contribution is 0.0932. The van der Waals surface area contributed by atoms with E-state index in [0.29, 0.717) is 18.7 Å². The van der Waals surface area contributed by atoms with Crippen molar-refractivity contribution in [3.05, 3.63) is 16.1 Å². The molecule has 0 spiro atoms. The number of carbonyl (C=O) groups excluding carboxylic acids is 1. The van der Waals surface area contributed by atoms with Crippen LogP contribution in [-0.2, 0) is 6.54 Å². The average molecular weight is 237 g/mol. The van der Waals surface area contributed by atoms with Gasteiger partial charge in [0.2, 0.25) is 0 Å². The molecular weight excluding hydrogens is 222 g/mol. The van der Waals surface area contributed by atoms with Crippen molar-refractivity contribution in [2.45, 2.75) is 32.4 Å². The number of aromatic nitrogens is 1. The molecule has 0 aliphatic heterocycles. The molecule has 1 amide bonds. The molecule has 0 fully saturated rings. The van der Waals surface area contributed by atoms with Crippen molar-refractivity contribution in [1.29, 1.82) is 0 Å². The maximum atomic E-state index is 11.7. The third-order valence-electron chi connectivity index (χ3n) is 2.15. The Morgan fingerprint density at radius 1 is 1.81 bits per heavy atom. The van der Waals surface area contributed by atoms with E-state index in [1.165, 1.54) is 11.3 Å². The number of nitrogens with one attached hydrogen (secondary N) is 1. The maximum absolute atomic E-state index is 11.7. The highest BCUT2D eigenvalue weighted by atomic mass is 32.1. The van der Waals surface area contributed by atoms with E-state index in [9.17, 15) is 4.79 Å². The molecular formula is C11H15N3OS. The Hall–Kier alpha value is -1.38. The maximum Gasteiger partial charge on any atom is 0.271 e. The van der Waals surface area contributed by atoms with Gasteiger partial charge in [0.25, 0.3) is 5.91 Å². The lowest BCUT2D eigenvalue weighted by atomic mass is 10.1. The number of thiazole rings is 1. The molecule has 86 valence electrons. The zero-order chi connectivity index (χ0) is 12.0. The number of carbonyl (C=O) groups is 1. The lowest BCUT2D eigenvalue weighted by Crippen LogP contribution is -2.34. The summed E-state index contributed by atoms with van der Waals surface area (Å²) >= 11 is 1.39. The molecule has 0 saturated heterocycles. The standard InChI is InChI=1S/C11H15N3OS/c1-3-5-8(4-2)13-11(15)9-7-16-10(6-12)14-9/h1,7-8H,4-6,12H2,2H3,(H,13,15). The van der Waals surface area contributed by atoms with E-state index < -0.39 is 0 Å². The van der Waals surface area contributed by atoms with Gasteiger partial charge in [0.15, 0.2) is 0 Å². The van der Waals surface area contributed by atoms with Crippen LogP contribution < -0.4 is 11.1 Å². The summed E-state index contributed by atoms with van der Waals surface area (Å²) in [6.07, 6.45) is 6.56. The first-order chi connectivity index (χ1) is 7.71. The van der Waals surface area contributed by atoms with Gasteiger partial charge in [-0.3, -0.25) is 4.79 Å². The molecule has 1 atom stereocenters. The molecule has 0 bridgehead atoms. The van der Waals surface area contributed by atoms with Gasteiger partial charge in [0.1, 0.15) is 10.7 Å². The fraction of sp³-hybridized carbons (Fsp3) is 0.455. The van der Waals surface area contributed by atoms with Crippen LogP contribution in [0, 0.1) is 12.3 Å². The lowest BCUT2D eigenvalue weighted by Gasteiger charge is -2.12. The summed E-state index contributed by atoms with van der Waals surface area (Å²) in [5, 5.41) is 5.31. The molecule has 1 rings (SSSR count). The Balaban J connectivity index is 2.61. The van der Waals surface area contributed by atoms with Crippen molar-refractivity contribution in [2.24, 2.45) is 5.73 Å². The molecule has 1 unspecified atom stereocenters. The van der Waals surface area contributed by atoms with Gasteiger partial charge in [-0.15, -0.1) is 23.7 Å². The normalized spacial score (nSPS) is 11.8. The summed E-state index contributed by atoms with van der Waals surface area (Å²) in [4.78, 5) is 15.8. The van der Waals surface area contributed by atoms with Crippen molar-refractivity contribution in [3.8, 4) is 12.3 Å². The number of nitrogens with zero attached hydrogens (tertiary/aromatic N) is 1. The summed E-state index contributed by atoms with van der Waals surface area (Å²) in [7, 11) is 0. The van der Waals surface area contributed by atoms with Gasteiger partial charge in [-0.05, 0) is 6.42 Å². The zero-order valence-corrected chi connectivity index (χ0v) is 10.0. The molecule has 3 N–H and O–H groups in total. The van der Waals surface area contributed by atoms with Crippen LogP contribution in [0.4, 0.5) is 0 Å². The van der Waals surface area contributed by atoms with E-state index >= 15 is 0 Å². The van der Waals surface area contributed by atoms with Crippen LogP contribution in [0.3, 0.4) is 0 Å². The Bertz CT molecular complexity index is 394. The van der Waals surface area contributed by atoms with Crippen molar-refractivity contribution in [3.63, 3.8) is 0 Å². The van der Waals surface area contributed by atoms with Crippen LogP contribution in [0.1, 0.15) is 35.3 Å². The highest BCUT2D eigenvalue weighted by Crippen LogP contribution is 2.09. The minimum atomic E-state index is -0.182. The fourth-order valence-electron chi connectivity index (χ4n) is 1.21. The zero-order valence-electron chi connectivity index (χ0n) is 9.19. The van der Waals surface area contributed by atoms with E-state index in [-0.39, 0.29) is 11.9 Å². The number of hydrogen-bond donors (Lipinski definition) is 2. The van der Waals surface area contributed by atoms with E-state index in [2.05, 4.69) is 16.2 Å². The third kappa shape index (κ3) is 3.33. The fourth-order valence-corrected chi connectivity index (χ4v) is 1.86. The number of rotatable bonds is 5. The first-order valence-electron chi connectivity index (χ1n) is 5.10. The Morgan fingerprint density at radius 3 is 3.06 bits per heavy atom. The number of amides is 1. The number of terminal acetylenes is 1. The Labute approximate surface area is 99.3 Å². The number of hydrogen-bond acceptors (Lipinski definition) is 4.